The van der Waals surface area contributed by atoms with Gasteiger partial charge in [0.15, 0.2) is 11.6 Å². The van der Waals surface area contributed by atoms with Crippen molar-refractivity contribution in [1.29, 1.82) is 0 Å². The summed E-state index contributed by atoms with van der Waals surface area (Å²) in [7, 11) is 0. The number of benzene rings is 2. The van der Waals surface area contributed by atoms with Gasteiger partial charge in [-0.15, -0.1) is 0 Å². The summed E-state index contributed by atoms with van der Waals surface area (Å²) >= 11 is 0. The van der Waals surface area contributed by atoms with Crippen LogP contribution in [-0.4, -0.2) is 26.9 Å². The summed E-state index contributed by atoms with van der Waals surface area (Å²) in [6.45, 7) is 2.10. The molecule has 0 fully saturated rings. The van der Waals surface area contributed by atoms with Gasteiger partial charge in [0, 0.05) is 11.1 Å². The molecule has 25 heavy (non-hydrogen) atoms. The Kier molecular flexibility index (Phi) is 4.49. The van der Waals surface area contributed by atoms with E-state index in [1.54, 1.807) is 0 Å². The topological polar surface area (TPSA) is 94.8 Å². The highest BCUT2D eigenvalue weighted by atomic mass is 16.3. The number of carbonyl (C=O) groups is 2. The minimum atomic E-state index is -0.566. The van der Waals surface area contributed by atoms with Gasteiger partial charge in [-0.05, 0) is 42.7 Å². The number of fused-ring (bicyclic) bond motifs is 2. The van der Waals surface area contributed by atoms with Gasteiger partial charge in [-0.2, -0.15) is 0 Å². The molecule has 0 heterocycles. The Bertz CT molecular complexity index is 867. The normalized spacial score (nSPS) is 12.8. The minimum absolute atomic E-state index is 0.0730. The number of aryl methyl sites for hydroxylation is 1. The van der Waals surface area contributed by atoms with Gasteiger partial charge in [-0.3, -0.25) is 9.59 Å². The molecule has 2 aromatic carbocycles. The Morgan fingerprint density at radius 2 is 1.44 bits per heavy atom. The van der Waals surface area contributed by atoms with E-state index in [4.69, 9.17) is 0 Å². The lowest BCUT2D eigenvalue weighted by Crippen LogP contribution is -2.23. The molecule has 0 unspecified atom stereocenters. The first-order valence-electron chi connectivity index (χ1n) is 8.46. The molecule has 0 radical (unpaired) electrons. The fourth-order valence-corrected chi connectivity index (χ4v) is 3.37. The monoisotopic (exact) mass is 340 g/mol. The van der Waals surface area contributed by atoms with Crippen LogP contribution in [0.1, 0.15) is 70.0 Å². The highest BCUT2D eigenvalue weighted by Gasteiger charge is 2.36. The molecule has 0 aliphatic heterocycles. The lowest BCUT2D eigenvalue weighted by atomic mass is 9.80. The average molecular weight is 340 g/mol. The van der Waals surface area contributed by atoms with Crippen LogP contribution >= 0.6 is 0 Å². The Labute approximate surface area is 145 Å². The van der Waals surface area contributed by atoms with Crippen molar-refractivity contribution < 1.29 is 24.9 Å². The molecule has 130 valence electrons. The number of unbranched alkanes of at least 4 members (excludes halogenated alkanes) is 3. The van der Waals surface area contributed by atoms with E-state index in [1.165, 1.54) is 24.3 Å². The van der Waals surface area contributed by atoms with Crippen LogP contribution < -0.4 is 0 Å². The van der Waals surface area contributed by atoms with Gasteiger partial charge < -0.3 is 15.3 Å². The summed E-state index contributed by atoms with van der Waals surface area (Å²) in [5.41, 5.74) is 0.507. The lowest BCUT2D eigenvalue weighted by Gasteiger charge is -2.22. The number of aromatic hydroxyl groups is 3. The first-order chi connectivity index (χ1) is 12.0. The van der Waals surface area contributed by atoms with Gasteiger partial charge in [0.2, 0.25) is 0 Å². The average Bonchev–Trinajstić information content (AvgIpc) is 2.58. The van der Waals surface area contributed by atoms with Crippen molar-refractivity contribution >= 4 is 11.6 Å². The Balaban J connectivity index is 2.12. The third-order valence-corrected chi connectivity index (χ3v) is 4.59. The molecule has 0 aromatic heterocycles. The molecule has 0 saturated heterocycles. The Morgan fingerprint density at radius 1 is 0.800 bits per heavy atom. The summed E-state index contributed by atoms with van der Waals surface area (Å²) in [4.78, 5) is 25.7. The highest BCUT2D eigenvalue weighted by molar-refractivity contribution is 6.30. The lowest BCUT2D eigenvalue weighted by molar-refractivity contribution is 0.0973. The molecule has 3 N–H and O–H groups in total. The number of ketones is 2. The van der Waals surface area contributed by atoms with Crippen molar-refractivity contribution in [3.8, 4) is 17.2 Å². The maximum Gasteiger partial charge on any atom is 0.198 e. The van der Waals surface area contributed by atoms with Crippen LogP contribution in [0, 0.1) is 0 Å². The first kappa shape index (κ1) is 17.0. The zero-order valence-corrected chi connectivity index (χ0v) is 14.0. The van der Waals surface area contributed by atoms with Gasteiger partial charge in [-0.25, -0.2) is 0 Å². The molecule has 5 nitrogen and oxygen atoms in total. The van der Waals surface area contributed by atoms with Gasteiger partial charge in [0.25, 0.3) is 0 Å². The maximum atomic E-state index is 12.9. The number of carbonyl (C=O) groups excluding carboxylic acids is 2. The van der Waals surface area contributed by atoms with Crippen LogP contribution in [0.3, 0.4) is 0 Å². The van der Waals surface area contributed by atoms with Gasteiger partial charge in [-0.1, -0.05) is 26.2 Å². The number of phenols is 3. The second-order valence-electron chi connectivity index (χ2n) is 6.35. The molecule has 2 aromatic rings. The summed E-state index contributed by atoms with van der Waals surface area (Å²) in [5, 5.41) is 30.0. The largest absolute Gasteiger partial charge is 0.508 e. The van der Waals surface area contributed by atoms with Crippen LogP contribution in [0.25, 0.3) is 0 Å². The van der Waals surface area contributed by atoms with Crippen LogP contribution in [0.4, 0.5) is 0 Å². The van der Waals surface area contributed by atoms with E-state index in [1.807, 2.05) is 0 Å². The third-order valence-electron chi connectivity index (χ3n) is 4.59. The summed E-state index contributed by atoms with van der Waals surface area (Å²) < 4.78 is 0. The Morgan fingerprint density at radius 3 is 2.08 bits per heavy atom. The van der Waals surface area contributed by atoms with E-state index in [0.29, 0.717) is 12.0 Å². The summed E-state index contributed by atoms with van der Waals surface area (Å²) in [5.74, 6) is -1.84. The van der Waals surface area contributed by atoms with E-state index in [9.17, 15) is 24.9 Å². The third kappa shape index (κ3) is 2.86. The maximum absolute atomic E-state index is 12.9. The van der Waals surface area contributed by atoms with Crippen molar-refractivity contribution in [2.24, 2.45) is 0 Å². The van der Waals surface area contributed by atoms with Crippen molar-refractivity contribution in [3.63, 3.8) is 0 Å². The van der Waals surface area contributed by atoms with Crippen molar-refractivity contribution in [2.45, 2.75) is 39.0 Å². The Hall–Kier alpha value is -2.82. The van der Waals surface area contributed by atoms with Gasteiger partial charge in [0.1, 0.15) is 17.2 Å². The zero-order chi connectivity index (χ0) is 18.1. The van der Waals surface area contributed by atoms with Crippen LogP contribution in [0.2, 0.25) is 0 Å². The molecule has 0 spiro atoms. The number of rotatable bonds is 5. The van der Waals surface area contributed by atoms with E-state index >= 15 is 0 Å². The van der Waals surface area contributed by atoms with E-state index < -0.39 is 11.6 Å². The van der Waals surface area contributed by atoms with E-state index in [0.717, 1.165) is 25.7 Å². The van der Waals surface area contributed by atoms with Crippen LogP contribution in [0.5, 0.6) is 17.2 Å². The smallest absolute Gasteiger partial charge is 0.198 e. The van der Waals surface area contributed by atoms with Crippen LogP contribution in [0.15, 0.2) is 24.3 Å². The summed E-state index contributed by atoms with van der Waals surface area (Å²) in [6, 6.07) is 5.13. The summed E-state index contributed by atoms with van der Waals surface area (Å²) in [6.07, 6.45) is 4.54. The van der Waals surface area contributed by atoms with Gasteiger partial charge >= 0.3 is 0 Å². The van der Waals surface area contributed by atoms with E-state index in [-0.39, 0.29) is 39.5 Å². The molecular weight excluding hydrogens is 320 g/mol. The van der Waals surface area contributed by atoms with Crippen molar-refractivity contribution in [2.75, 3.05) is 0 Å². The second kappa shape index (κ2) is 6.59. The highest BCUT2D eigenvalue weighted by Crippen LogP contribution is 2.40. The number of hydrogen-bond donors (Lipinski definition) is 3. The SMILES string of the molecule is CCCCCCc1cc(O)cc2c1C(=O)c1c(O)ccc(O)c1C2=O. The van der Waals surface area contributed by atoms with E-state index in [2.05, 4.69) is 6.92 Å². The molecule has 1 aliphatic carbocycles. The number of phenolic OH excluding ortho intramolecular Hbond substituents is 3. The predicted octanol–water partition coefficient (Wildman–Crippen LogP) is 3.70. The quantitative estimate of drug-likeness (QED) is 0.486. The molecular formula is C20H20O5. The molecule has 5 heteroatoms. The fourth-order valence-electron chi connectivity index (χ4n) is 3.37. The zero-order valence-electron chi connectivity index (χ0n) is 14.0. The molecule has 0 atom stereocenters. The van der Waals surface area contributed by atoms with Crippen molar-refractivity contribution in [3.05, 3.63) is 52.1 Å². The molecule has 1 aliphatic rings. The first-order valence-corrected chi connectivity index (χ1v) is 8.46. The molecule has 0 bridgehead atoms. The molecule has 0 amide bonds. The minimum Gasteiger partial charge on any atom is -0.508 e. The van der Waals surface area contributed by atoms with Gasteiger partial charge in [0.05, 0.1) is 11.1 Å². The fraction of sp³-hybridized carbons (Fsp3) is 0.300. The van der Waals surface area contributed by atoms with Crippen LogP contribution in [-0.2, 0) is 6.42 Å². The number of hydrogen-bond acceptors (Lipinski definition) is 5. The molecule has 0 saturated carbocycles. The van der Waals surface area contributed by atoms with Crippen molar-refractivity contribution in [1.82, 2.24) is 0 Å². The standard InChI is InChI=1S/C20H20O5/c1-2-3-4-5-6-11-9-12(21)10-13-16(11)20(25)18-15(23)8-7-14(22)17(18)19(13)24/h7-10,21-23H,2-6H2,1H3. The predicted molar refractivity (Wildman–Crippen MR) is 92.6 cm³/mol. The second-order valence-corrected chi connectivity index (χ2v) is 6.35. The molecule has 3 rings (SSSR count).